The Morgan fingerprint density at radius 2 is 1.92 bits per heavy atom. The smallest absolute Gasteiger partial charge is 0.335 e. The van der Waals surface area contributed by atoms with Crippen LogP contribution in [-0.4, -0.2) is 13.1 Å². The van der Waals surface area contributed by atoms with Gasteiger partial charge in [0, 0.05) is 6.42 Å². The fourth-order valence-corrected chi connectivity index (χ4v) is 1.34. The van der Waals surface area contributed by atoms with E-state index in [2.05, 4.69) is 22.6 Å². The molecule has 0 aliphatic heterocycles. The van der Waals surface area contributed by atoms with E-state index in [0.717, 1.165) is 12.8 Å². The van der Waals surface area contributed by atoms with Crippen molar-refractivity contribution in [1.82, 2.24) is 0 Å². The van der Waals surface area contributed by atoms with Crippen LogP contribution in [0.15, 0.2) is 0 Å². The zero-order valence-corrected chi connectivity index (χ0v) is 9.80. The second kappa shape index (κ2) is 7.81. The van der Waals surface area contributed by atoms with E-state index in [9.17, 15) is 0 Å². The van der Waals surface area contributed by atoms with Gasteiger partial charge in [-0.15, -0.1) is 0 Å². The summed E-state index contributed by atoms with van der Waals surface area (Å²) in [4.78, 5) is 5.41. The number of unbranched alkanes of at least 4 members (excludes halogenated alkanes) is 2. The van der Waals surface area contributed by atoms with Crippen LogP contribution in [0.5, 0.6) is 0 Å². The third-order valence-corrected chi connectivity index (χ3v) is 3.01. The Bertz CT molecular complexity index is 207. The minimum atomic E-state index is -2.05. The molecule has 0 atom stereocenters. The van der Waals surface area contributed by atoms with E-state index >= 15 is 0 Å². The van der Waals surface area contributed by atoms with Crippen molar-refractivity contribution < 1.29 is 18.9 Å². The summed E-state index contributed by atoms with van der Waals surface area (Å²) in [5.41, 5.74) is 0. The number of hydrogen-bond acceptors (Lipinski definition) is 1. The van der Waals surface area contributed by atoms with E-state index in [1.54, 1.807) is 0 Å². The van der Waals surface area contributed by atoms with Crippen LogP contribution < -0.4 is 18.9 Å². The van der Waals surface area contributed by atoms with Crippen LogP contribution in [0.4, 0.5) is 0 Å². The van der Waals surface area contributed by atoms with E-state index in [1.807, 2.05) is 11.6 Å². The van der Waals surface area contributed by atoms with Crippen molar-refractivity contribution in [2.75, 3.05) is 0 Å². The molecule has 0 spiro atoms. The van der Waals surface area contributed by atoms with E-state index in [-0.39, 0.29) is 18.9 Å². The summed E-state index contributed by atoms with van der Waals surface area (Å²) in [5, 5.41) is 8.67. The van der Waals surface area contributed by atoms with Crippen LogP contribution in [-0.2, 0) is 0 Å². The molecular weight excluding hydrogens is 156 g/mol. The number of nitriles is 1. The number of rotatable bonds is 2. The SMILES string of the molecule is CCCCC#[C][Al-]([CH3])([CH3])[C]#N.[Li+]. The molecule has 0 N–H and O–H groups in total. The molecule has 0 rings (SSSR count). The molecule has 1 nitrogen and oxygen atoms in total. The summed E-state index contributed by atoms with van der Waals surface area (Å²) in [6, 6.07) is 0. The first-order valence-electron chi connectivity index (χ1n) is 4.27. The molecule has 0 bridgehead atoms. The van der Waals surface area contributed by atoms with Gasteiger partial charge in [-0.25, -0.2) is 0 Å². The van der Waals surface area contributed by atoms with Gasteiger partial charge in [-0.1, -0.05) is 13.3 Å². The maximum atomic E-state index is 8.67. The van der Waals surface area contributed by atoms with Gasteiger partial charge < -0.3 is 4.78 Å². The average molecular weight is 171 g/mol. The van der Waals surface area contributed by atoms with Gasteiger partial charge in [0.2, 0.25) is 0 Å². The predicted molar refractivity (Wildman–Crippen MR) is 50.4 cm³/mol. The Morgan fingerprint density at radius 3 is 2.33 bits per heavy atom. The van der Waals surface area contributed by atoms with Gasteiger partial charge in [-0.2, -0.15) is 22.4 Å². The second-order valence-corrected chi connectivity index (χ2v) is 7.73. The van der Waals surface area contributed by atoms with Crippen molar-refractivity contribution >= 4 is 13.1 Å². The van der Waals surface area contributed by atoms with Gasteiger partial charge >= 0.3 is 31.9 Å². The molecule has 3 heteroatoms. The normalized spacial score (nSPS) is 8.83. The number of nitrogens with zero attached hydrogens (tertiary/aromatic N) is 1. The van der Waals surface area contributed by atoms with E-state index in [1.165, 1.54) is 6.42 Å². The molecule has 0 radical (unpaired) electrons. The van der Waals surface area contributed by atoms with Crippen molar-refractivity contribution in [2.45, 2.75) is 37.8 Å². The van der Waals surface area contributed by atoms with Gasteiger partial charge in [-0.3, -0.25) is 5.26 Å². The van der Waals surface area contributed by atoms with Gasteiger partial charge in [-0.05, 0) is 6.42 Å². The standard InChI is InChI=1S/C6H9.CN.2CH3.Al.Li/c1-3-5-6-4-2;1-2;;;;/h3,5-6H2,1H3;;2*1H3;;/q;;;;-1;+1. The van der Waals surface area contributed by atoms with E-state index in [4.69, 9.17) is 5.26 Å². The molecule has 0 saturated heterocycles. The fraction of sp³-hybridized carbons (Fsp3) is 0.667. The van der Waals surface area contributed by atoms with E-state index < -0.39 is 13.1 Å². The van der Waals surface area contributed by atoms with Crippen LogP contribution in [0.25, 0.3) is 0 Å². The molecule has 0 unspecified atom stereocenters. The summed E-state index contributed by atoms with van der Waals surface area (Å²) in [5.74, 6) is 7.09. The van der Waals surface area contributed by atoms with E-state index in [0.29, 0.717) is 0 Å². The molecular formula is C9H15AlLiN. The van der Waals surface area contributed by atoms with Crippen LogP contribution in [0.2, 0.25) is 11.6 Å². The zero-order valence-electron chi connectivity index (χ0n) is 8.65. The Hall–Kier alpha value is 0.180. The minimum Gasteiger partial charge on any atom is -0.335 e. The van der Waals surface area contributed by atoms with Gasteiger partial charge in [0.1, 0.15) is 0 Å². The van der Waals surface area contributed by atoms with Crippen molar-refractivity contribution in [1.29, 1.82) is 5.26 Å². The summed E-state index contributed by atoms with van der Waals surface area (Å²) < 4.78 is 0. The largest absolute Gasteiger partial charge is 1.00 e. The summed E-state index contributed by atoms with van der Waals surface area (Å²) >= 11 is -2.05. The Morgan fingerprint density at radius 1 is 1.33 bits per heavy atom. The van der Waals surface area contributed by atoms with Gasteiger partial charge in [0.25, 0.3) is 0 Å². The Kier molecular flexibility index (Phi) is 9.56. The molecule has 0 aromatic rings. The van der Waals surface area contributed by atoms with Crippen LogP contribution in [0.3, 0.4) is 0 Å². The molecule has 12 heavy (non-hydrogen) atoms. The number of hydrogen-bond donors (Lipinski definition) is 0. The third-order valence-electron chi connectivity index (χ3n) is 1.44. The molecule has 0 aliphatic carbocycles. The molecule has 0 fully saturated rings. The Labute approximate surface area is 90.4 Å². The minimum absolute atomic E-state index is 0. The first-order chi connectivity index (χ1) is 5.12. The molecule has 0 aromatic heterocycles. The molecule has 0 saturated carbocycles. The third kappa shape index (κ3) is 8.28. The van der Waals surface area contributed by atoms with Crippen LogP contribution >= 0.6 is 0 Å². The van der Waals surface area contributed by atoms with Crippen molar-refractivity contribution in [3.63, 3.8) is 0 Å². The zero-order chi connectivity index (χ0) is 8.74. The summed E-state index contributed by atoms with van der Waals surface area (Å²) in [6.45, 7) is 2.15. The first kappa shape index (κ1) is 14.7. The molecule has 60 valence electrons. The molecule has 0 amide bonds. The van der Waals surface area contributed by atoms with Gasteiger partial charge in [0.05, 0.1) is 0 Å². The van der Waals surface area contributed by atoms with Crippen molar-refractivity contribution in [3.8, 4) is 15.6 Å². The quantitative estimate of drug-likeness (QED) is 0.312. The fourth-order valence-electron chi connectivity index (χ4n) is 0.625. The average Bonchev–Trinajstić information content (AvgIpc) is 1.99. The van der Waals surface area contributed by atoms with Gasteiger partial charge in [0.15, 0.2) is 0 Å². The predicted octanol–water partition coefficient (Wildman–Crippen LogP) is -0.506. The Balaban J connectivity index is 0. The maximum absolute atomic E-state index is 8.67. The monoisotopic (exact) mass is 171 g/mol. The van der Waals surface area contributed by atoms with Crippen LogP contribution in [0.1, 0.15) is 26.2 Å². The van der Waals surface area contributed by atoms with Crippen LogP contribution in [0, 0.1) is 20.9 Å². The summed E-state index contributed by atoms with van der Waals surface area (Å²) in [6.07, 6.45) is 3.31. The first-order valence-corrected chi connectivity index (χ1v) is 7.73. The molecule has 0 heterocycles. The topological polar surface area (TPSA) is 23.8 Å². The summed E-state index contributed by atoms with van der Waals surface area (Å²) in [7, 11) is 0. The molecule has 0 aromatic carbocycles. The van der Waals surface area contributed by atoms with Crippen molar-refractivity contribution in [3.05, 3.63) is 0 Å². The molecule has 0 aliphatic rings. The maximum Gasteiger partial charge on any atom is 1.00 e. The van der Waals surface area contributed by atoms with Crippen molar-refractivity contribution in [2.24, 2.45) is 0 Å². The second-order valence-electron chi connectivity index (χ2n) is 3.43.